The molecular weight excluding hydrogens is 230 g/mol. The summed E-state index contributed by atoms with van der Waals surface area (Å²) in [5, 5.41) is 0. The van der Waals surface area contributed by atoms with E-state index in [0.29, 0.717) is 19.0 Å². The van der Waals surface area contributed by atoms with Crippen molar-refractivity contribution < 1.29 is 17.9 Å². The highest BCUT2D eigenvalue weighted by Crippen LogP contribution is 2.15. The zero-order valence-electron chi connectivity index (χ0n) is 9.26. The first-order valence-electron chi connectivity index (χ1n) is 4.75. The highest BCUT2D eigenvalue weighted by Gasteiger charge is 2.10. The van der Waals surface area contributed by atoms with E-state index < -0.39 is 10.0 Å². The third-order valence-electron chi connectivity index (χ3n) is 1.96. The molecule has 0 amide bonds. The molecule has 0 aliphatic carbocycles. The summed E-state index contributed by atoms with van der Waals surface area (Å²) in [6.45, 7) is 0.936. The lowest BCUT2D eigenvalue weighted by atomic mass is 10.3. The molecule has 1 rings (SSSR count). The SMILES string of the molecule is CNS(=O)(=O)c1ccc(OCCOC)cc1. The van der Waals surface area contributed by atoms with Gasteiger partial charge in [-0.05, 0) is 31.3 Å². The number of sulfonamides is 1. The Kier molecular flexibility index (Phi) is 4.72. The molecule has 5 nitrogen and oxygen atoms in total. The Labute approximate surface area is 95.4 Å². The van der Waals surface area contributed by atoms with Gasteiger partial charge in [0.05, 0.1) is 11.5 Å². The van der Waals surface area contributed by atoms with E-state index in [9.17, 15) is 8.42 Å². The first-order valence-corrected chi connectivity index (χ1v) is 6.24. The molecular formula is C10H15NO4S. The van der Waals surface area contributed by atoms with Gasteiger partial charge in [-0.15, -0.1) is 0 Å². The molecule has 0 fully saturated rings. The lowest BCUT2D eigenvalue weighted by Gasteiger charge is -2.06. The molecule has 0 heterocycles. The fourth-order valence-electron chi connectivity index (χ4n) is 1.08. The summed E-state index contributed by atoms with van der Waals surface area (Å²) in [6.07, 6.45) is 0. The van der Waals surface area contributed by atoms with Gasteiger partial charge in [-0.25, -0.2) is 13.1 Å². The second kappa shape index (κ2) is 5.83. The van der Waals surface area contributed by atoms with Crippen molar-refractivity contribution in [3.63, 3.8) is 0 Å². The molecule has 0 aromatic heterocycles. The lowest BCUT2D eigenvalue weighted by Crippen LogP contribution is -2.18. The molecule has 0 aliphatic heterocycles. The van der Waals surface area contributed by atoms with Crippen LogP contribution in [0.25, 0.3) is 0 Å². The van der Waals surface area contributed by atoms with Crippen LogP contribution in [0.15, 0.2) is 29.2 Å². The fraction of sp³-hybridized carbons (Fsp3) is 0.400. The van der Waals surface area contributed by atoms with Gasteiger partial charge in [-0.1, -0.05) is 0 Å². The normalized spacial score (nSPS) is 11.4. The van der Waals surface area contributed by atoms with Gasteiger partial charge in [0.1, 0.15) is 12.4 Å². The maximum Gasteiger partial charge on any atom is 0.240 e. The van der Waals surface area contributed by atoms with E-state index in [1.807, 2.05) is 0 Å². The van der Waals surface area contributed by atoms with Crippen molar-refractivity contribution in [3.8, 4) is 5.75 Å². The number of ether oxygens (including phenoxy) is 2. The number of rotatable bonds is 6. The largest absolute Gasteiger partial charge is 0.491 e. The summed E-state index contributed by atoms with van der Waals surface area (Å²) in [6, 6.07) is 6.21. The van der Waals surface area contributed by atoms with E-state index in [1.54, 1.807) is 19.2 Å². The molecule has 0 saturated carbocycles. The quantitative estimate of drug-likeness (QED) is 0.746. The van der Waals surface area contributed by atoms with Crippen molar-refractivity contribution in [1.29, 1.82) is 0 Å². The van der Waals surface area contributed by atoms with Gasteiger partial charge >= 0.3 is 0 Å². The minimum Gasteiger partial charge on any atom is -0.491 e. The van der Waals surface area contributed by atoms with Crippen LogP contribution in [0.1, 0.15) is 0 Å². The molecule has 0 bridgehead atoms. The molecule has 1 aromatic carbocycles. The summed E-state index contributed by atoms with van der Waals surface area (Å²) in [5.41, 5.74) is 0. The van der Waals surface area contributed by atoms with Crippen LogP contribution in [-0.2, 0) is 14.8 Å². The first kappa shape index (κ1) is 13.0. The van der Waals surface area contributed by atoms with Crippen LogP contribution < -0.4 is 9.46 Å². The van der Waals surface area contributed by atoms with Crippen LogP contribution in [0, 0.1) is 0 Å². The van der Waals surface area contributed by atoms with Crippen molar-refractivity contribution >= 4 is 10.0 Å². The van der Waals surface area contributed by atoms with Gasteiger partial charge in [0.2, 0.25) is 10.0 Å². The average molecular weight is 245 g/mol. The van der Waals surface area contributed by atoms with Crippen LogP contribution in [0.5, 0.6) is 5.75 Å². The Morgan fingerprint density at radius 3 is 2.31 bits per heavy atom. The summed E-state index contributed by atoms with van der Waals surface area (Å²) < 4.78 is 35.2. The van der Waals surface area contributed by atoms with Gasteiger partial charge in [0.25, 0.3) is 0 Å². The number of nitrogens with one attached hydrogen (secondary N) is 1. The second-order valence-corrected chi connectivity index (χ2v) is 4.91. The van der Waals surface area contributed by atoms with E-state index in [4.69, 9.17) is 9.47 Å². The molecule has 90 valence electrons. The third kappa shape index (κ3) is 3.48. The third-order valence-corrected chi connectivity index (χ3v) is 3.39. The Morgan fingerprint density at radius 2 is 1.81 bits per heavy atom. The van der Waals surface area contributed by atoms with E-state index in [0.717, 1.165) is 0 Å². The topological polar surface area (TPSA) is 64.6 Å². The molecule has 6 heteroatoms. The Bertz CT molecular complexity index is 413. The maximum absolute atomic E-state index is 11.4. The monoisotopic (exact) mass is 245 g/mol. The zero-order chi connectivity index (χ0) is 12.0. The summed E-state index contributed by atoms with van der Waals surface area (Å²) in [5.74, 6) is 0.618. The van der Waals surface area contributed by atoms with Crippen LogP contribution in [0.2, 0.25) is 0 Å². The molecule has 0 spiro atoms. The second-order valence-electron chi connectivity index (χ2n) is 3.02. The molecule has 1 aromatic rings. The average Bonchev–Trinajstić information content (AvgIpc) is 2.30. The van der Waals surface area contributed by atoms with Gasteiger partial charge in [0.15, 0.2) is 0 Å². The summed E-state index contributed by atoms with van der Waals surface area (Å²) in [7, 11) is -0.408. The molecule has 16 heavy (non-hydrogen) atoms. The first-order chi connectivity index (χ1) is 7.60. The van der Waals surface area contributed by atoms with Crippen molar-refractivity contribution in [2.75, 3.05) is 27.4 Å². The molecule has 0 atom stereocenters. The maximum atomic E-state index is 11.4. The van der Waals surface area contributed by atoms with E-state index in [-0.39, 0.29) is 4.90 Å². The Morgan fingerprint density at radius 1 is 1.19 bits per heavy atom. The fourth-order valence-corrected chi connectivity index (χ4v) is 1.81. The lowest BCUT2D eigenvalue weighted by molar-refractivity contribution is 0.146. The Hall–Kier alpha value is -1.11. The van der Waals surface area contributed by atoms with Gasteiger partial charge in [-0.2, -0.15) is 0 Å². The van der Waals surface area contributed by atoms with Crippen molar-refractivity contribution in [1.82, 2.24) is 4.72 Å². The van der Waals surface area contributed by atoms with Crippen molar-refractivity contribution in [2.24, 2.45) is 0 Å². The van der Waals surface area contributed by atoms with E-state index in [1.165, 1.54) is 19.2 Å². The summed E-state index contributed by atoms with van der Waals surface area (Å²) >= 11 is 0. The number of hydrogen-bond donors (Lipinski definition) is 1. The predicted molar refractivity (Wildman–Crippen MR) is 60.1 cm³/mol. The predicted octanol–water partition coefficient (Wildman–Crippen LogP) is 0.620. The van der Waals surface area contributed by atoms with Crippen LogP contribution in [0.3, 0.4) is 0 Å². The smallest absolute Gasteiger partial charge is 0.240 e. The number of benzene rings is 1. The molecule has 0 radical (unpaired) electrons. The van der Waals surface area contributed by atoms with Crippen LogP contribution in [0.4, 0.5) is 0 Å². The highest BCUT2D eigenvalue weighted by molar-refractivity contribution is 7.89. The molecule has 0 aliphatic rings. The Balaban J connectivity index is 2.68. The van der Waals surface area contributed by atoms with Crippen molar-refractivity contribution in [3.05, 3.63) is 24.3 Å². The summed E-state index contributed by atoms with van der Waals surface area (Å²) in [4.78, 5) is 0.217. The number of hydrogen-bond acceptors (Lipinski definition) is 4. The highest BCUT2D eigenvalue weighted by atomic mass is 32.2. The van der Waals surface area contributed by atoms with E-state index >= 15 is 0 Å². The minimum absolute atomic E-state index is 0.217. The van der Waals surface area contributed by atoms with Crippen LogP contribution in [-0.4, -0.2) is 35.8 Å². The standard InChI is InChI=1S/C10H15NO4S/c1-11-16(12,13)10-5-3-9(4-6-10)15-8-7-14-2/h3-6,11H,7-8H2,1-2H3. The van der Waals surface area contributed by atoms with Gasteiger partial charge in [0, 0.05) is 7.11 Å². The zero-order valence-corrected chi connectivity index (χ0v) is 10.1. The van der Waals surface area contributed by atoms with E-state index in [2.05, 4.69) is 4.72 Å². The molecule has 0 saturated heterocycles. The molecule has 0 unspecified atom stereocenters. The van der Waals surface area contributed by atoms with Crippen molar-refractivity contribution in [2.45, 2.75) is 4.90 Å². The molecule has 1 N–H and O–H groups in total. The van der Waals surface area contributed by atoms with Gasteiger partial charge in [-0.3, -0.25) is 0 Å². The number of methoxy groups -OCH3 is 1. The van der Waals surface area contributed by atoms with Crippen LogP contribution >= 0.6 is 0 Å². The minimum atomic E-state index is -3.37. The van der Waals surface area contributed by atoms with Gasteiger partial charge < -0.3 is 9.47 Å².